The lowest BCUT2D eigenvalue weighted by molar-refractivity contribution is -0.385. The van der Waals surface area contributed by atoms with E-state index in [4.69, 9.17) is 11.6 Å². The van der Waals surface area contributed by atoms with Crippen molar-refractivity contribution in [3.05, 3.63) is 69.4 Å². The molecule has 2 unspecified atom stereocenters. The number of hydrogen-bond acceptors (Lipinski definition) is 5. The van der Waals surface area contributed by atoms with Gasteiger partial charge in [-0.15, -0.1) is 0 Å². The molecule has 3 aromatic rings. The van der Waals surface area contributed by atoms with E-state index in [1.54, 1.807) is 29.2 Å². The summed E-state index contributed by atoms with van der Waals surface area (Å²) in [6, 6.07) is 5.98. The van der Waals surface area contributed by atoms with E-state index in [1.807, 2.05) is 4.68 Å². The average Bonchev–Trinajstić information content (AvgIpc) is 3.45. The summed E-state index contributed by atoms with van der Waals surface area (Å²) in [7, 11) is 0. The minimum atomic E-state index is -0.406. The number of nitrogens with one attached hydrogen (secondary N) is 1. The number of halogens is 2. The Kier molecular flexibility index (Phi) is 5.40. The topological polar surface area (TPSA) is 108 Å². The highest BCUT2D eigenvalue weighted by Gasteiger charge is 2.59. The Labute approximate surface area is 211 Å². The summed E-state index contributed by atoms with van der Waals surface area (Å²) in [5, 5.41) is 23.3. The zero-order chi connectivity index (χ0) is 25.1. The fourth-order valence-corrected chi connectivity index (χ4v) is 7.64. The van der Waals surface area contributed by atoms with Crippen molar-refractivity contribution in [1.29, 1.82) is 0 Å². The lowest BCUT2D eigenvalue weighted by Gasteiger charge is -2.61. The fraction of sp³-hybridized carbons (Fsp3) is 0.480. The summed E-state index contributed by atoms with van der Waals surface area (Å²) in [5.74, 6) is 0.988. The summed E-state index contributed by atoms with van der Waals surface area (Å²) in [5.41, 5.74) is 0.347. The van der Waals surface area contributed by atoms with Gasteiger partial charge in [-0.2, -0.15) is 10.2 Å². The Balaban J connectivity index is 1.15. The summed E-state index contributed by atoms with van der Waals surface area (Å²) in [6.45, 7) is 0.362. The third-order valence-corrected chi connectivity index (χ3v) is 8.56. The van der Waals surface area contributed by atoms with Crippen LogP contribution >= 0.6 is 11.6 Å². The Morgan fingerprint density at radius 3 is 2.72 bits per heavy atom. The summed E-state index contributed by atoms with van der Waals surface area (Å²) < 4.78 is 16.8. The van der Waals surface area contributed by atoms with Crippen LogP contribution in [0.15, 0.2) is 42.9 Å². The number of nitro groups is 1. The number of hydrogen-bond donors (Lipinski definition) is 1. The first-order chi connectivity index (χ1) is 17.2. The molecule has 1 aromatic carbocycles. The fourth-order valence-electron chi connectivity index (χ4n) is 7.41. The largest absolute Gasteiger partial charge is 0.309 e. The molecule has 0 saturated heterocycles. The van der Waals surface area contributed by atoms with Crippen molar-refractivity contribution in [2.24, 2.45) is 17.3 Å². The Morgan fingerprint density at radius 2 is 2.03 bits per heavy atom. The second kappa shape index (κ2) is 8.40. The molecule has 1 amide bonds. The van der Waals surface area contributed by atoms with Gasteiger partial charge in [0.25, 0.3) is 0 Å². The van der Waals surface area contributed by atoms with Crippen LogP contribution in [0.25, 0.3) is 0 Å². The molecule has 2 aromatic heterocycles. The van der Waals surface area contributed by atoms with Crippen LogP contribution in [0.1, 0.15) is 50.5 Å². The summed E-state index contributed by atoms with van der Waals surface area (Å²) in [6.07, 6.45) is 10.9. The van der Waals surface area contributed by atoms with E-state index < -0.39 is 10.7 Å². The number of carbonyl (C=O) groups excluding carboxylic acids is 1. The van der Waals surface area contributed by atoms with Crippen LogP contribution in [0.2, 0.25) is 5.02 Å². The second-order valence-corrected chi connectivity index (χ2v) is 11.4. The molecule has 0 aliphatic heterocycles. The van der Waals surface area contributed by atoms with Crippen molar-refractivity contribution >= 4 is 29.0 Å². The van der Waals surface area contributed by atoms with Gasteiger partial charge in [0.15, 0.2) is 5.82 Å². The SMILES string of the molecule is O=C(CC12CC3CC(C1)CC(n1cc([N+](=O)[O-])cn1)(C3)C2)Nc1ccn(Cc2ccc(F)cc2Cl)n1. The normalized spacial score (nSPS) is 28.4. The van der Waals surface area contributed by atoms with Gasteiger partial charge >= 0.3 is 5.69 Å². The third kappa shape index (κ3) is 4.17. The van der Waals surface area contributed by atoms with E-state index in [0.29, 0.717) is 35.6 Å². The Morgan fingerprint density at radius 1 is 1.25 bits per heavy atom. The van der Waals surface area contributed by atoms with Gasteiger partial charge in [0.05, 0.1) is 17.0 Å². The molecule has 11 heteroatoms. The first-order valence-corrected chi connectivity index (χ1v) is 12.6. The minimum Gasteiger partial charge on any atom is -0.309 e. The number of aromatic nitrogens is 4. The molecular weight excluding hydrogens is 487 g/mol. The Hall–Kier alpha value is -3.27. The smallest absolute Gasteiger partial charge is 0.307 e. The van der Waals surface area contributed by atoms with E-state index in [2.05, 4.69) is 15.5 Å². The zero-order valence-corrected chi connectivity index (χ0v) is 20.3. The quantitative estimate of drug-likeness (QED) is 0.348. The van der Waals surface area contributed by atoms with E-state index in [0.717, 1.165) is 44.1 Å². The number of benzene rings is 1. The number of nitrogens with zero attached hydrogens (tertiary/aromatic N) is 5. The molecule has 188 valence electrons. The molecule has 2 atom stereocenters. The van der Waals surface area contributed by atoms with E-state index in [9.17, 15) is 19.3 Å². The van der Waals surface area contributed by atoms with E-state index in [1.165, 1.54) is 18.3 Å². The predicted molar refractivity (Wildman–Crippen MR) is 130 cm³/mol. The third-order valence-electron chi connectivity index (χ3n) is 8.21. The summed E-state index contributed by atoms with van der Waals surface area (Å²) >= 11 is 6.12. The highest BCUT2D eigenvalue weighted by atomic mass is 35.5. The number of anilines is 1. The van der Waals surface area contributed by atoms with Crippen LogP contribution in [0, 0.1) is 33.2 Å². The molecule has 2 heterocycles. The van der Waals surface area contributed by atoms with Crippen LogP contribution in [-0.4, -0.2) is 30.4 Å². The minimum absolute atomic E-state index is 0.00931. The molecule has 4 saturated carbocycles. The molecule has 0 spiro atoms. The lowest BCUT2D eigenvalue weighted by atomic mass is 9.46. The predicted octanol–water partition coefficient (Wildman–Crippen LogP) is 5.15. The van der Waals surface area contributed by atoms with Gasteiger partial charge in [-0.25, -0.2) is 4.39 Å². The van der Waals surface area contributed by atoms with Crippen molar-refractivity contribution in [1.82, 2.24) is 19.6 Å². The van der Waals surface area contributed by atoms with E-state index in [-0.39, 0.29) is 22.5 Å². The van der Waals surface area contributed by atoms with Crippen LogP contribution in [0.5, 0.6) is 0 Å². The second-order valence-electron chi connectivity index (χ2n) is 10.9. The van der Waals surface area contributed by atoms with Gasteiger partial charge in [-0.1, -0.05) is 17.7 Å². The lowest BCUT2D eigenvalue weighted by Crippen LogP contribution is -2.57. The molecule has 7 rings (SSSR count). The monoisotopic (exact) mass is 512 g/mol. The van der Waals surface area contributed by atoms with Gasteiger partial charge in [-0.05, 0) is 73.5 Å². The highest BCUT2D eigenvalue weighted by molar-refractivity contribution is 6.31. The number of rotatable bonds is 7. The van der Waals surface area contributed by atoms with Crippen LogP contribution in [0.4, 0.5) is 15.9 Å². The van der Waals surface area contributed by atoms with Gasteiger partial charge in [0.1, 0.15) is 18.2 Å². The zero-order valence-electron chi connectivity index (χ0n) is 19.6. The van der Waals surface area contributed by atoms with Gasteiger partial charge < -0.3 is 5.32 Å². The van der Waals surface area contributed by atoms with Gasteiger partial charge in [0, 0.05) is 23.7 Å². The number of carbonyl (C=O) groups is 1. The maximum Gasteiger partial charge on any atom is 0.307 e. The molecule has 4 aliphatic carbocycles. The molecule has 36 heavy (non-hydrogen) atoms. The van der Waals surface area contributed by atoms with Crippen molar-refractivity contribution < 1.29 is 14.1 Å². The summed E-state index contributed by atoms with van der Waals surface area (Å²) in [4.78, 5) is 24.0. The molecule has 4 aliphatic rings. The molecule has 0 radical (unpaired) electrons. The molecule has 4 fully saturated rings. The molecular formula is C25H26ClFN6O3. The highest BCUT2D eigenvalue weighted by Crippen LogP contribution is 2.65. The van der Waals surface area contributed by atoms with Gasteiger partial charge in [-0.3, -0.25) is 24.3 Å². The Bertz CT molecular complexity index is 1340. The van der Waals surface area contributed by atoms with E-state index >= 15 is 0 Å². The van der Waals surface area contributed by atoms with Crippen molar-refractivity contribution in [2.45, 2.75) is 57.0 Å². The van der Waals surface area contributed by atoms with Crippen molar-refractivity contribution in [2.75, 3.05) is 5.32 Å². The molecule has 1 N–H and O–H groups in total. The number of amides is 1. The van der Waals surface area contributed by atoms with Crippen LogP contribution in [0.3, 0.4) is 0 Å². The van der Waals surface area contributed by atoms with Gasteiger partial charge in [0.2, 0.25) is 5.91 Å². The first kappa shape index (κ1) is 23.1. The maximum absolute atomic E-state index is 13.3. The van der Waals surface area contributed by atoms with Crippen molar-refractivity contribution in [3.8, 4) is 0 Å². The average molecular weight is 513 g/mol. The first-order valence-electron chi connectivity index (χ1n) is 12.2. The molecule has 4 bridgehead atoms. The molecule has 9 nitrogen and oxygen atoms in total. The van der Waals surface area contributed by atoms with Crippen molar-refractivity contribution in [3.63, 3.8) is 0 Å². The maximum atomic E-state index is 13.3. The van der Waals surface area contributed by atoms with Crippen LogP contribution in [-0.2, 0) is 16.9 Å². The van der Waals surface area contributed by atoms with Crippen LogP contribution < -0.4 is 5.32 Å². The standard InChI is InChI=1S/C25H26ClFN6O3/c26-21-6-19(27)2-1-18(21)13-31-4-3-22(30-31)29-23(34)11-24-7-16-5-17(8-24)10-25(9-16,15-24)32-14-20(12-28-32)33(35)36/h1-4,6,12,14,16-17H,5,7-11,13,15H2,(H,29,30,34).